The van der Waals surface area contributed by atoms with Crippen LogP contribution in [0, 0.1) is 0 Å². The van der Waals surface area contributed by atoms with Gasteiger partial charge in [-0.25, -0.2) is 0 Å². The molecule has 0 saturated heterocycles. The van der Waals surface area contributed by atoms with Gasteiger partial charge in [0.25, 0.3) is 0 Å². The summed E-state index contributed by atoms with van der Waals surface area (Å²) in [5, 5.41) is 24.0. The molecular formula is C27H58O4. The molecule has 2 atom stereocenters. The predicted molar refractivity (Wildman–Crippen MR) is 135 cm³/mol. The number of ether oxygens (including phenoxy) is 1. The van der Waals surface area contributed by atoms with Crippen LogP contribution in [0.1, 0.15) is 143 Å². The van der Waals surface area contributed by atoms with Crippen LogP contribution in [0.4, 0.5) is 0 Å². The van der Waals surface area contributed by atoms with Gasteiger partial charge >= 0.3 is 0 Å². The van der Waals surface area contributed by atoms with Gasteiger partial charge in [0.15, 0.2) is 0 Å². The van der Waals surface area contributed by atoms with Crippen molar-refractivity contribution in [1.82, 2.24) is 0 Å². The first-order valence-corrected chi connectivity index (χ1v) is 13.6. The Bertz CT molecular complexity index is 284. The molecule has 0 saturated carbocycles. The van der Waals surface area contributed by atoms with Crippen LogP contribution >= 0.6 is 0 Å². The molecule has 3 N–H and O–H groups in total. The fourth-order valence-electron chi connectivity index (χ4n) is 3.84. The molecule has 4 heteroatoms. The number of unbranched alkanes of at least 4 members (excludes halogenated alkanes) is 10. The Hall–Kier alpha value is -0.160. The maximum absolute atomic E-state index is 8.17. The van der Waals surface area contributed by atoms with Crippen LogP contribution in [-0.4, -0.2) is 46.8 Å². The van der Waals surface area contributed by atoms with E-state index < -0.39 is 6.10 Å². The van der Waals surface area contributed by atoms with E-state index in [0.29, 0.717) is 12.2 Å². The fourth-order valence-corrected chi connectivity index (χ4v) is 3.84. The van der Waals surface area contributed by atoms with E-state index in [0.717, 1.165) is 0 Å². The molecule has 0 aliphatic carbocycles. The quantitative estimate of drug-likeness (QED) is 0.154. The van der Waals surface area contributed by atoms with Crippen molar-refractivity contribution in [1.29, 1.82) is 0 Å². The maximum atomic E-state index is 8.17. The summed E-state index contributed by atoms with van der Waals surface area (Å²) in [4.78, 5) is 0. The van der Waals surface area contributed by atoms with Crippen molar-refractivity contribution in [3.63, 3.8) is 0 Å². The van der Waals surface area contributed by atoms with Gasteiger partial charge in [-0.15, -0.1) is 0 Å². The van der Waals surface area contributed by atoms with E-state index in [1.165, 1.54) is 116 Å². The van der Waals surface area contributed by atoms with Crippen LogP contribution in [0.15, 0.2) is 0 Å². The van der Waals surface area contributed by atoms with Gasteiger partial charge in [-0.2, -0.15) is 0 Å². The molecule has 0 heterocycles. The minimum Gasteiger partial charge on any atom is -0.394 e. The highest BCUT2D eigenvalue weighted by atomic mass is 16.5. The van der Waals surface area contributed by atoms with Gasteiger partial charge in [0.1, 0.15) is 6.10 Å². The van der Waals surface area contributed by atoms with Crippen molar-refractivity contribution in [2.45, 2.75) is 162 Å². The topological polar surface area (TPSA) is 69.9 Å². The Kier molecular flexibility index (Phi) is 29.7. The van der Waals surface area contributed by atoms with Gasteiger partial charge in [-0.05, 0) is 25.7 Å². The number of hydrogen-bond acceptors (Lipinski definition) is 4. The first-order chi connectivity index (χ1) is 15.1. The summed E-state index contributed by atoms with van der Waals surface area (Å²) >= 11 is 0. The Morgan fingerprint density at radius 2 is 0.839 bits per heavy atom. The third-order valence-electron chi connectivity index (χ3n) is 5.79. The lowest BCUT2D eigenvalue weighted by Crippen LogP contribution is -2.22. The fraction of sp³-hybridized carbons (Fsp3) is 1.00. The van der Waals surface area contributed by atoms with E-state index in [9.17, 15) is 0 Å². The highest BCUT2D eigenvalue weighted by molar-refractivity contribution is 4.65. The Morgan fingerprint density at radius 1 is 0.484 bits per heavy atom. The van der Waals surface area contributed by atoms with Gasteiger partial charge in [0, 0.05) is 0 Å². The first-order valence-electron chi connectivity index (χ1n) is 13.6. The van der Waals surface area contributed by atoms with Crippen molar-refractivity contribution in [3.05, 3.63) is 0 Å². The van der Waals surface area contributed by atoms with Crippen molar-refractivity contribution < 1.29 is 20.1 Å². The summed E-state index contributed by atoms with van der Waals surface area (Å²) < 4.78 is 6.59. The molecule has 2 unspecified atom stereocenters. The van der Waals surface area contributed by atoms with Crippen LogP contribution < -0.4 is 0 Å². The summed E-state index contributed by atoms with van der Waals surface area (Å²) in [5.41, 5.74) is 0. The van der Waals surface area contributed by atoms with Crippen LogP contribution in [0.3, 0.4) is 0 Å². The summed E-state index contributed by atoms with van der Waals surface area (Å²) in [5.74, 6) is 0. The molecule has 0 aliphatic heterocycles. The molecule has 0 radical (unpaired) electrons. The largest absolute Gasteiger partial charge is 0.394 e. The van der Waals surface area contributed by atoms with E-state index in [2.05, 4.69) is 27.7 Å². The zero-order valence-corrected chi connectivity index (χ0v) is 21.6. The zero-order chi connectivity index (χ0) is 23.6. The van der Waals surface area contributed by atoms with Crippen molar-refractivity contribution >= 4 is 0 Å². The SMILES string of the molecule is CCCCCCCCC(CCC)OC(CCC)CCCCCCCC.OCC(O)CO. The lowest BCUT2D eigenvalue weighted by Gasteiger charge is -2.25. The number of aliphatic hydroxyl groups excluding tert-OH is 3. The average Bonchev–Trinajstić information content (AvgIpc) is 2.78. The van der Waals surface area contributed by atoms with Crippen LogP contribution in [0.25, 0.3) is 0 Å². The Balaban J connectivity index is 0. The lowest BCUT2D eigenvalue weighted by atomic mass is 10.0. The smallest absolute Gasteiger partial charge is 0.100 e. The zero-order valence-electron chi connectivity index (χ0n) is 21.6. The monoisotopic (exact) mass is 446 g/mol. The Morgan fingerprint density at radius 3 is 1.13 bits per heavy atom. The second-order valence-corrected chi connectivity index (χ2v) is 9.09. The Labute approximate surface area is 195 Å². The van der Waals surface area contributed by atoms with Crippen molar-refractivity contribution in [2.75, 3.05) is 13.2 Å². The number of rotatable bonds is 22. The molecule has 0 spiro atoms. The summed E-state index contributed by atoms with van der Waals surface area (Å²) in [6.45, 7) is 8.47. The molecule has 0 amide bonds. The average molecular weight is 447 g/mol. The standard InChI is InChI=1S/C24H50O.C3H8O3/c1-5-9-11-13-15-17-21-23(19-7-3)25-24(20-8-4)22-18-16-14-12-10-6-2;4-1-3(6)2-5/h23-24H,5-22H2,1-4H3;3-6H,1-2H2. The maximum Gasteiger partial charge on any atom is 0.100 e. The first kappa shape index (κ1) is 33.0. The van der Waals surface area contributed by atoms with E-state index in [1.807, 2.05) is 0 Å². The molecule has 0 rings (SSSR count). The second-order valence-electron chi connectivity index (χ2n) is 9.09. The van der Waals surface area contributed by atoms with E-state index in [4.69, 9.17) is 20.1 Å². The molecule has 0 aliphatic rings. The van der Waals surface area contributed by atoms with Crippen molar-refractivity contribution in [3.8, 4) is 0 Å². The summed E-state index contributed by atoms with van der Waals surface area (Å²) in [6.07, 6.45) is 24.4. The van der Waals surface area contributed by atoms with Crippen LogP contribution in [0.5, 0.6) is 0 Å². The molecular weight excluding hydrogens is 388 g/mol. The van der Waals surface area contributed by atoms with E-state index in [-0.39, 0.29) is 13.2 Å². The molecule has 0 bridgehead atoms. The third kappa shape index (κ3) is 26.0. The van der Waals surface area contributed by atoms with Gasteiger partial charge in [-0.1, -0.05) is 118 Å². The van der Waals surface area contributed by atoms with Crippen molar-refractivity contribution in [2.24, 2.45) is 0 Å². The summed E-state index contributed by atoms with van der Waals surface area (Å²) in [7, 11) is 0. The number of hydrogen-bond donors (Lipinski definition) is 3. The van der Waals surface area contributed by atoms with E-state index >= 15 is 0 Å². The van der Waals surface area contributed by atoms with Gasteiger partial charge in [0.2, 0.25) is 0 Å². The van der Waals surface area contributed by atoms with Gasteiger partial charge in [-0.3, -0.25) is 0 Å². The minimum atomic E-state index is -0.954. The molecule has 0 aromatic carbocycles. The highest BCUT2D eigenvalue weighted by Gasteiger charge is 2.15. The number of aliphatic hydroxyl groups is 3. The molecule has 190 valence electrons. The highest BCUT2D eigenvalue weighted by Crippen LogP contribution is 2.21. The second kappa shape index (κ2) is 27.9. The van der Waals surface area contributed by atoms with Gasteiger partial charge < -0.3 is 20.1 Å². The molecule has 4 nitrogen and oxygen atoms in total. The molecule has 0 fully saturated rings. The van der Waals surface area contributed by atoms with E-state index in [1.54, 1.807) is 0 Å². The predicted octanol–water partition coefficient (Wildman–Crippen LogP) is 7.17. The summed E-state index contributed by atoms with van der Waals surface area (Å²) in [6, 6.07) is 0. The molecule has 31 heavy (non-hydrogen) atoms. The van der Waals surface area contributed by atoms with Gasteiger partial charge in [0.05, 0.1) is 25.4 Å². The normalized spacial score (nSPS) is 13.2. The molecule has 0 aromatic heterocycles. The third-order valence-corrected chi connectivity index (χ3v) is 5.79. The van der Waals surface area contributed by atoms with Crippen LogP contribution in [0.2, 0.25) is 0 Å². The lowest BCUT2D eigenvalue weighted by molar-refractivity contribution is -0.0308. The minimum absolute atomic E-state index is 0.365. The molecule has 0 aromatic rings. The van der Waals surface area contributed by atoms with Crippen LogP contribution in [-0.2, 0) is 4.74 Å².